The van der Waals surface area contributed by atoms with Crippen LogP contribution in [-0.4, -0.2) is 42.3 Å². The van der Waals surface area contributed by atoms with Gasteiger partial charge in [0.25, 0.3) is 5.91 Å². The Kier molecular flexibility index (Phi) is 6.28. The molecule has 0 saturated carbocycles. The summed E-state index contributed by atoms with van der Waals surface area (Å²) in [5, 5.41) is 12.5. The van der Waals surface area contributed by atoms with Gasteiger partial charge in [-0.15, -0.1) is 0 Å². The van der Waals surface area contributed by atoms with Crippen molar-refractivity contribution in [3.05, 3.63) is 77.4 Å². The van der Waals surface area contributed by atoms with E-state index in [9.17, 15) is 18.3 Å². The number of nitrogens with one attached hydrogen (secondary N) is 1. The first-order valence-electron chi connectivity index (χ1n) is 9.31. The van der Waals surface area contributed by atoms with Crippen LogP contribution in [0.25, 0.3) is 11.1 Å². The standard InChI is InChI=1S/C22H23N3O4S/c1-14-19(22(27)25-20(13-26)18-11-23-15(2)24-12-18)9-17(10-21(14)30(3,28)29)16-7-5-4-6-8-16/h4-12,20,26H,13H2,1-3H3,(H,25,27). The molecule has 0 bridgehead atoms. The molecule has 156 valence electrons. The summed E-state index contributed by atoms with van der Waals surface area (Å²) in [5.41, 5.74) is 2.54. The third-order valence-corrected chi connectivity index (χ3v) is 6.03. The number of benzene rings is 2. The van der Waals surface area contributed by atoms with E-state index in [1.807, 2.05) is 30.3 Å². The first kappa shape index (κ1) is 21.6. The maximum Gasteiger partial charge on any atom is 0.252 e. The normalized spacial score (nSPS) is 12.4. The van der Waals surface area contributed by atoms with Crippen molar-refractivity contribution in [1.29, 1.82) is 0 Å². The van der Waals surface area contributed by atoms with E-state index in [2.05, 4.69) is 15.3 Å². The number of nitrogens with zero attached hydrogens (tertiary/aromatic N) is 2. The molecule has 2 N–H and O–H groups in total. The molecule has 2 aromatic carbocycles. The van der Waals surface area contributed by atoms with Gasteiger partial charge in [-0.2, -0.15) is 0 Å². The van der Waals surface area contributed by atoms with Gasteiger partial charge < -0.3 is 10.4 Å². The van der Waals surface area contributed by atoms with E-state index in [0.717, 1.165) is 11.8 Å². The third-order valence-electron chi connectivity index (χ3n) is 4.80. The molecule has 0 fully saturated rings. The Hall–Kier alpha value is -3.10. The summed E-state index contributed by atoms with van der Waals surface area (Å²) in [6.07, 6.45) is 4.20. The zero-order chi connectivity index (χ0) is 21.9. The van der Waals surface area contributed by atoms with E-state index < -0.39 is 21.8 Å². The van der Waals surface area contributed by atoms with E-state index in [0.29, 0.717) is 22.5 Å². The average Bonchev–Trinajstić information content (AvgIpc) is 2.72. The van der Waals surface area contributed by atoms with Crippen molar-refractivity contribution in [2.24, 2.45) is 0 Å². The van der Waals surface area contributed by atoms with Crippen molar-refractivity contribution in [1.82, 2.24) is 15.3 Å². The van der Waals surface area contributed by atoms with E-state index in [1.165, 1.54) is 0 Å². The minimum absolute atomic E-state index is 0.0909. The van der Waals surface area contributed by atoms with E-state index in [4.69, 9.17) is 0 Å². The average molecular weight is 426 g/mol. The minimum Gasteiger partial charge on any atom is -0.394 e. The van der Waals surface area contributed by atoms with Gasteiger partial charge in [0.15, 0.2) is 9.84 Å². The number of aryl methyl sites for hydroxylation is 1. The topological polar surface area (TPSA) is 109 Å². The molecule has 0 aliphatic carbocycles. The molecule has 1 aromatic heterocycles. The minimum atomic E-state index is -3.56. The van der Waals surface area contributed by atoms with Crippen molar-refractivity contribution in [3.63, 3.8) is 0 Å². The predicted octanol–water partition coefficient (Wildman–Crippen LogP) is 2.63. The smallest absolute Gasteiger partial charge is 0.252 e. The highest BCUT2D eigenvalue weighted by molar-refractivity contribution is 7.90. The van der Waals surface area contributed by atoms with Gasteiger partial charge in [0.2, 0.25) is 0 Å². The third kappa shape index (κ3) is 4.72. The molecule has 3 rings (SSSR count). The number of aliphatic hydroxyl groups is 1. The fourth-order valence-electron chi connectivity index (χ4n) is 3.16. The van der Waals surface area contributed by atoms with Gasteiger partial charge in [-0.25, -0.2) is 18.4 Å². The largest absolute Gasteiger partial charge is 0.394 e. The van der Waals surface area contributed by atoms with Gasteiger partial charge in [-0.05, 0) is 42.7 Å². The number of aliphatic hydroxyl groups excluding tert-OH is 1. The summed E-state index contributed by atoms with van der Waals surface area (Å²) in [4.78, 5) is 21.4. The maximum absolute atomic E-state index is 13.1. The Balaban J connectivity index is 2.05. The second-order valence-electron chi connectivity index (χ2n) is 7.06. The summed E-state index contributed by atoms with van der Waals surface area (Å²) in [7, 11) is -3.56. The Morgan fingerprint density at radius 1 is 1.07 bits per heavy atom. The number of hydrogen-bond acceptors (Lipinski definition) is 6. The highest BCUT2D eigenvalue weighted by Crippen LogP contribution is 2.28. The number of sulfone groups is 1. The SMILES string of the molecule is Cc1ncc(C(CO)NC(=O)c2cc(-c3ccccc3)cc(S(C)(=O)=O)c2C)cn1. The quantitative estimate of drug-likeness (QED) is 0.628. The first-order chi connectivity index (χ1) is 14.2. The molecule has 3 aromatic rings. The van der Waals surface area contributed by atoms with Gasteiger partial charge in [0.1, 0.15) is 5.82 Å². The van der Waals surface area contributed by atoms with Crippen molar-refractivity contribution >= 4 is 15.7 Å². The highest BCUT2D eigenvalue weighted by Gasteiger charge is 2.22. The lowest BCUT2D eigenvalue weighted by atomic mass is 9.98. The van der Waals surface area contributed by atoms with Crippen LogP contribution < -0.4 is 5.32 Å². The van der Waals surface area contributed by atoms with Gasteiger partial charge in [-0.1, -0.05) is 30.3 Å². The molecule has 1 atom stereocenters. The fraction of sp³-hybridized carbons (Fsp3) is 0.227. The molecular formula is C22H23N3O4S. The molecule has 1 amide bonds. The van der Waals surface area contributed by atoms with Crippen molar-refractivity contribution in [2.45, 2.75) is 24.8 Å². The number of aromatic nitrogens is 2. The second-order valence-corrected chi connectivity index (χ2v) is 9.04. The van der Waals surface area contributed by atoms with Crippen molar-refractivity contribution in [2.75, 3.05) is 12.9 Å². The zero-order valence-electron chi connectivity index (χ0n) is 17.0. The van der Waals surface area contributed by atoms with Crippen molar-refractivity contribution in [3.8, 4) is 11.1 Å². The van der Waals surface area contributed by atoms with Crippen LogP contribution in [0.3, 0.4) is 0 Å². The zero-order valence-corrected chi connectivity index (χ0v) is 17.8. The van der Waals surface area contributed by atoms with Crippen LogP contribution in [0.2, 0.25) is 0 Å². The molecule has 8 heteroatoms. The Morgan fingerprint density at radius 3 is 2.27 bits per heavy atom. The van der Waals surface area contributed by atoms with E-state index in [-0.39, 0.29) is 17.1 Å². The van der Waals surface area contributed by atoms with Gasteiger partial charge in [0.05, 0.1) is 17.5 Å². The molecule has 0 radical (unpaired) electrons. The van der Waals surface area contributed by atoms with Crippen LogP contribution in [0, 0.1) is 13.8 Å². The van der Waals surface area contributed by atoms with Gasteiger partial charge in [0, 0.05) is 29.8 Å². The van der Waals surface area contributed by atoms with Gasteiger partial charge in [-0.3, -0.25) is 4.79 Å². The lowest BCUT2D eigenvalue weighted by Crippen LogP contribution is -2.31. The lowest BCUT2D eigenvalue weighted by molar-refractivity contribution is 0.0915. The molecule has 30 heavy (non-hydrogen) atoms. The fourth-order valence-corrected chi connectivity index (χ4v) is 4.17. The summed E-state index contributed by atoms with van der Waals surface area (Å²) in [5.74, 6) is 0.0840. The van der Waals surface area contributed by atoms with Crippen LogP contribution in [0.4, 0.5) is 0 Å². The summed E-state index contributed by atoms with van der Waals surface area (Å²) in [6.45, 7) is 2.99. The monoisotopic (exact) mass is 425 g/mol. The molecule has 0 spiro atoms. The van der Waals surface area contributed by atoms with Crippen LogP contribution in [-0.2, 0) is 9.84 Å². The van der Waals surface area contributed by atoms with Crippen molar-refractivity contribution < 1.29 is 18.3 Å². The van der Waals surface area contributed by atoms with Crippen LogP contribution in [0.15, 0.2) is 59.8 Å². The molecule has 0 saturated heterocycles. The molecule has 0 aliphatic heterocycles. The molecule has 7 nitrogen and oxygen atoms in total. The van der Waals surface area contributed by atoms with Crippen LogP contribution >= 0.6 is 0 Å². The number of hydrogen-bond donors (Lipinski definition) is 2. The molecule has 1 unspecified atom stereocenters. The Labute approximate surface area is 175 Å². The highest BCUT2D eigenvalue weighted by atomic mass is 32.2. The van der Waals surface area contributed by atoms with E-state index in [1.54, 1.807) is 38.4 Å². The molecule has 0 aliphatic rings. The van der Waals surface area contributed by atoms with E-state index >= 15 is 0 Å². The summed E-state index contributed by atoms with van der Waals surface area (Å²) in [6, 6.07) is 11.8. The Bertz CT molecular complexity index is 1160. The molecule has 1 heterocycles. The maximum atomic E-state index is 13.1. The summed E-state index contributed by atoms with van der Waals surface area (Å²) < 4.78 is 24.7. The number of amides is 1. The first-order valence-corrected chi connectivity index (χ1v) is 11.2. The molecular weight excluding hydrogens is 402 g/mol. The Morgan fingerprint density at radius 2 is 1.70 bits per heavy atom. The predicted molar refractivity (Wildman–Crippen MR) is 114 cm³/mol. The lowest BCUT2D eigenvalue weighted by Gasteiger charge is -2.19. The number of carbonyl (C=O) groups excluding carboxylic acids is 1. The number of carbonyl (C=O) groups is 1. The second kappa shape index (κ2) is 8.73. The van der Waals surface area contributed by atoms with Crippen LogP contribution in [0.1, 0.15) is 33.4 Å². The summed E-state index contributed by atoms with van der Waals surface area (Å²) >= 11 is 0. The van der Waals surface area contributed by atoms with Gasteiger partial charge >= 0.3 is 0 Å². The van der Waals surface area contributed by atoms with Crippen LogP contribution in [0.5, 0.6) is 0 Å². The number of rotatable bonds is 6.